The summed E-state index contributed by atoms with van der Waals surface area (Å²) in [5, 5.41) is 2.81. The highest BCUT2D eigenvalue weighted by molar-refractivity contribution is 6.34. The van der Waals surface area contributed by atoms with Crippen LogP contribution < -0.4 is 10.5 Å². The first-order valence-electron chi connectivity index (χ1n) is 8.18. The van der Waals surface area contributed by atoms with Crippen molar-refractivity contribution in [2.24, 2.45) is 16.8 Å². The number of primary amides is 1. The first kappa shape index (κ1) is 20.0. The molecule has 1 aliphatic heterocycles. The van der Waals surface area contributed by atoms with E-state index in [1.165, 1.54) is 12.1 Å². The largest absolute Gasteiger partial charge is 0.492 e. The SMILES string of the molecule is CC(C)(C)OC(=O)N1CC(CCOc2cc(C(N)=O)cc(N=O)c2Cl)C1. The third-order valence-corrected chi connectivity index (χ3v) is 4.18. The number of nitrogens with two attached hydrogens (primary N) is 1. The van der Waals surface area contributed by atoms with Crippen LogP contribution in [0, 0.1) is 10.8 Å². The lowest BCUT2D eigenvalue weighted by Crippen LogP contribution is -2.51. The second kappa shape index (κ2) is 7.90. The van der Waals surface area contributed by atoms with Crippen molar-refractivity contribution in [3.63, 3.8) is 0 Å². The number of rotatable bonds is 6. The minimum atomic E-state index is -0.705. The van der Waals surface area contributed by atoms with Crippen LogP contribution in [0.1, 0.15) is 37.6 Å². The lowest BCUT2D eigenvalue weighted by molar-refractivity contribution is -0.00383. The van der Waals surface area contributed by atoms with Gasteiger partial charge in [-0.3, -0.25) is 4.79 Å². The molecule has 9 heteroatoms. The average Bonchev–Trinajstić information content (AvgIpc) is 2.48. The smallest absolute Gasteiger partial charge is 0.410 e. The topological polar surface area (TPSA) is 111 Å². The fraction of sp³-hybridized carbons (Fsp3) is 0.529. The zero-order chi connectivity index (χ0) is 19.5. The van der Waals surface area contributed by atoms with Gasteiger partial charge in [-0.1, -0.05) is 11.6 Å². The van der Waals surface area contributed by atoms with Crippen LogP contribution in [0.25, 0.3) is 0 Å². The van der Waals surface area contributed by atoms with Crippen LogP contribution in [0.3, 0.4) is 0 Å². The van der Waals surface area contributed by atoms with E-state index in [2.05, 4.69) is 5.18 Å². The van der Waals surface area contributed by atoms with E-state index in [9.17, 15) is 14.5 Å². The highest BCUT2D eigenvalue weighted by Crippen LogP contribution is 2.36. The summed E-state index contributed by atoms with van der Waals surface area (Å²) in [6.45, 7) is 6.96. The Labute approximate surface area is 156 Å². The molecule has 26 heavy (non-hydrogen) atoms. The summed E-state index contributed by atoms with van der Waals surface area (Å²) in [7, 11) is 0. The van der Waals surface area contributed by atoms with E-state index in [1.807, 2.05) is 20.8 Å². The Balaban J connectivity index is 1.84. The molecule has 0 bridgehead atoms. The van der Waals surface area contributed by atoms with Gasteiger partial charge in [0, 0.05) is 18.7 Å². The van der Waals surface area contributed by atoms with Crippen molar-refractivity contribution in [3.8, 4) is 5.75 Å². The highest BCUT2D eigenvalue weighted by Gasteiger charge is 2.33. The van der Waals surface area contributed by atoms with E-state index in [1.54, 1.807) is 4.90 Å². The Hall–Kier alpha value is -2.35. The molecule has 1 fully saturated rings. The average molecular weight is 384 g/mol. The van der Waals surface area contributed by atoms with Crippen molar-refractivity contribution in [1.29, 1.82) is 0 Å². The van der Waals surface area contributed by atoms with Crippen molar-refractivity contribution in [2.75, 3.05) is 19.7 Å². The molecule has 0 spiro atoms. The number of hydrogen-bond donors (Lipinski definition) is 1. The Morgan fingerprint density at radius 3 is 2.54 bits per heavy atom. The second-order valence-electron chi connectivity index (χ2n) is 7.15. The predicted octanol–water partition coefficient (Wildman–Crippen LogP) is 3.47. The van der Waals surface area contributed by atoms with Crippen molar-refractivity contribution < 1.29 is 19.1 Å². The Bertz CT molecular complexity index is 711. The van der Waals surface area contributed by atoms with Crippen LogP contribution in [0.2, 0.25) is 5.02 Å². The van der Waals surface area contributed by atoms with Gasteiger partial charge in [-0.25, -0.2) is 4.79 Å². The Morgan fingerprint density at radius 2 is 2.00 bits per heavy atom. The van der Waals surface area contributed by atoms with Crippen LogP contribution in [-0.2, 0) is 4.74 Å². The monoisotopic (exact) mass is 383 g/mol. The summed E-state index contributed by atoms with van der Waals surface area (Å²) in [5.41, 5.74) is 4.70. The summed E-state index contributed by atoms with van der Waals surface area (Å²) in [6, 6.07) is 2.60. The van der Waals surface area contributed by atoms with Gasteiger partial charge in [0.15, 0.2) is 0 Å². The summed E-state index contributed by atoms with van der Waals surface area (Å²) >= 11 is 6.03. The molecule has 0 saturated carbocycles. The molecule has 142 valence electrons. The number of nitrogens with zero attached hydrogens (tertiary/aromatic N) is 2. The highest BCUT2D eigenvalue weighted by atomic mass is 35.5. The zero-order valence-corrected chi connectivity index (χ0v) is 15.7. The summed E-state index contributed by atoms with van der Waals surface area (Å²) < 4.78 is 10.9. The van der Waals surface area contributed by atoms with Crippen LogP contribution >= 0.6 is 11.6 Å². The van der Waals surface area contributed by atoms with E-state index in [4.69, 9.17) is 26.8 Å². The van der Waals surface area contributed by atoms with Gasteiger partial charge in [0.05, 0.1) is 6.61 Å². The number of carbonyl (C=O) groups excluding carboxylic acids is 2. The molecule has 1 aromatic carbocycles. The maximum Gasteiger partial charge on any atom is 0.410 e. The zero-order valence-electron chi connectivity index (χ0n) is 15.0. The van der Waals surface area contributed by atoms with Crippen LogP contribution in [-0.4, -0.2) is 42.2 Å². The van der Waals surface area contributed by atoms with E-state index < -0.39 is 11.5 Å². The molecule has 1 aliphatic rings. The first-order chi connectivity index (χ1) is 12.1. The third kappa shape index (κ3) is 5.08. The Kier molecular flexibility index (Phi) is 6.07. The number of carbonyl (C=O) groups is 2. The van der Waals surface area contributed by atoms with Crippen molar-refractivity contribution in [2.45, 2.75) is 32.8 Å². The molecule has 0 aliphatic carbocycles. The fourth-order valence-electron chi connectivity index (χ4n) is 2.46. The molecule has 0 unspecified atom stereocenters. The lowest BCUT2D eigenvalue weighted by Gasteiger charge is -2.39. The van der Waals surface area contributed by atoms with Gasteiger partial charge in [0.2, 0.25) is 5.91 Å². The van der Waals surface area contributed by atoms with E-state index in [0.29, 0.717) is 26.1 Å². The van der Waals surface area contributed by atoms with Crippen molar-refractivity contribution in [1.82, 2.24) is 4.90 Å². The van der Waals surface area contributed by atoms with Gasteiger partial charge in [0.1, 0.15) is 22.1 Å². The van der Waals surface area contributed by atoms with Gasteiger partial charge >= 0.3 is 6.09 Å². The number of halogens is 1. The molecule has 1 saturated heterocycles. The van der Waals surface area contributed by atoms with Gasteiger partial charge in [-0.05, 0) is 50.4 Å². The molecule has 0 radical (unpaired) electrons. The number of hydrogen-bond acceptors (Lipinski definition) is 6. The van der Waals surface area contributed by atoms with Crippen LogP contribution in [0.5, 0.6) is 5.75 Å². The molecule has 1 aromatic rings. The summed E-state index contributed by atoms with van der Waals surface area (Å²) in [4.78, 5) is 35.6. The molecule has 0 aromatic heterocycles. The molecule has 8 nitrogen and oxygen atoms in total. The fourth-order valence-corrected chi connectivity index (χ4v) is 2.66. The standard InChI is InChI=1S/C17H22ClN3O5/c1-17(2,3)26-16(23)21-8-10(9-21)4-5-25-13-7-11(15(19)22)6-12(20-24)14(13)18/h6-7,10H,4-5,8-9H2,1-3H3,(H2,19,22). The number of ether oxygens (including phenoxy) is 2. The van der Waals surface area contributed by atoms with E-state index >= 15 is 0 Å². The molecule has 2 rings (SSSR count). The third-order valence-electron chi connectivity index (χ3n) is 3.80. The summed E-state index contributed by atoms with van der Waals surface area (Å²) in [5.74, 6) is -0.242. The molecule has 1 heterocycles. The molecular weight excluding hydrogens is 362 g/mol. The molecular formula is C17H22ClN3O5. The minimum absolute atomic E-state index is 0.0361. The molecule has 2 N–H and O–H groups in total. The number of nitroso groups, excluding NO2 is 1. The first-order valence-corrected chi connectivity index (χ1v) is 8.56. The van der Waals surface area contributed by atoms with E-state index in [0.717, 1.165) is 0 Å². The Morgan fingerprint density at radius 1 is 1.35 bits per heavy atom. The number of benzene rings is 1. The van der Waals surface area contributed by atoms with Crippen LogP contribution in [0.4, 0.5) is 10.5 Å². The quantitative estimate of drug-likeness (QED) is 0.756. The normalized spacial score (nSPS) is 14.5. The maximum absolute atomic E-state index is 11.9. The maximum atomic E-state index is 11.9. The molecule has 0 atom stereocenters. The summed E-state index contributed by atoms with van der Waals surface area (Å²) in [6.07, 6.45) is 0.355. The van der Waals surface area contributed by atoms with Crippen molar-refractivity contribution in [3.05, 3.63) is 27.6 Å². The van der Waals surface area contributed by atoms with Gasteiger partial charge in [0.25, 0.3) is 0 Å². The van der Waals surface area contributed by atoms with Gasteiger partial charge in [-0.15, -0.1) is 4.91 Å². The van der Waals surface area contributed by atoms with Crippen LogP contribution in [0.15, 0.2) is 17.3 Å². The van der Waals surface area contributed by atoms with E-state index in [-0.39, 0.29) is 34.0 Å². The molecule has 2 amide bonds. The lowest BCUT2D eigenvalue weighted by atomic mass is 9.97. The van der Waals surface area contributed by atoms with Crippen molar-refractivity contribution >= 4 is 29.3 Å². The number of likely N-dealkylation sites (tertiary alicyclic amines) is 1. The minimum Gasteiger partial charge on any atom is -0.492 e. The number of amides is 2. The van der Waals surface area contributed by atoms with Gasteiger partial charge < -0.3 is 20.1 Å². The predicted molar refractivity (Wildman–Crippen MR) is 96.8 cm³/mol. The van der Waals surface area contributed by atoms with Gasteiger partial charge in [-0.2, -0.15) is 0 Å². The second-order valence-corrected chi connectivity index (χ2v) is 7.53.